The zero-order valence-electron chi connectivity index (χ0n) is 56.9. The topological polar surface area (TPSA) is 358 Å². The molecule has 5 heterocycles. The van der Waals surface area contributed by atoms with Crippen LogP contribution in [0.1, 0.15) is 90.8 Å². The number of nitrogens with zero attached hydrogens (tertiary/aromatic N) is 1. The summed E-state index contributed by atoms with van der Waals surface area (Å²) in [6.07, 6.45) is 5.21. The number of aromatic hydroxyl groups is 1. The Labute approximate surface area is 601 Å². The number of hydrogen-bond acceptors (Lipinski definition) is 14. The van der Waals surface area contributed by atoms with Gasteiger partial charge in [0, 0.05) is 113 Å². The van der Waals surface area contributed by atoms with Crippen molar-refractivity contribution < 1.29 is 61.5 Å². The van der Waals surface area contributed by atoms with E-state index in [1.54, 1.807) is 37.5 Å². The Kier molecular flexibility index (Phi) is 24.5. The number of aryl methyl sites for hydroxylation is 1. The monoisotopic (exact) mass is 1440 g/mol. The van der Waals surface area contributed by atoms with Gasteiger partial charge in [-0.1, -0.05) is 72.8 Å². The van der Waals surface area contributed by atoms with Crippen LogP contribution < -0.4 is 48.7 Å². The van der Waals surface area contributed by atoms with Crippen LogP contribution in [0.5, 0.6) is 5.75 Å². The van der Waals surface area contributed by atoms with Crippen LogP contribution in [-0.4, -0.2) is 147 Å². The summed E-state index contributed by atoms with van der Waals surface area (Å²) in [6.45, 7) is 1.56. The number of benzene rings is 6. The van der Waals surface area contributed by atoms with Crippen molar-refractivity contribution in [1.29, 1.82) is 0 Å². The molecule has 2 aliphatic heterocycles. The minimum absolute atomic E-state index is 0.00931. The van der Waals surface area contributed by atoms with Gasteiger partial charge in [-0.25, -0.2) is 8.78 Å². The van der Waals surface area contributed by atoms with Crippen molar-refractivity contribution in [3.05, 3.63) is 184 Å². The van der Waals surface area contributed by atoms with Crippen LogP contribution in [0.4, 0.5) is 8.78 Å². The third-order valence-electron chi connectivity index (χ3n) is 19.0. The van der Waals surface area contributed by atoms with Crippen LogP contribution in [0, 0.1) is 11.6 Å². The van der Waals surface area contributed by atoms with Gasteiger partial charge in [0.05, 0.1) is 6.54 Å². The van der Waals surface area contributed by atoms with Gasteiger partial charge in [0.2, 0.25) is 53.2 Å². The summed E-state index contributed by atoms with van der Waals surface area (Å²) in [5.74, 6) is -5.19. The number of rotatable bonds is 11. The fourth-order valence-corrected chi connectivity index (χ4v) is 15.3. The SMILES string of the molecule is C[C@@]12CCCN1C(=O)[C@H](Cc1ccc(O)cc1)NC(=O)CCc1cccc3c1oc1c(cccc13)CCNC(=O)[C@H](Cc1c[nH]c3ccc(F)cc13)NC(=O)[C@@H](Cc1c[nH]c3ccc(F)cc13)NC(=O)CNC(=O)[C@H](CCCCN)NC(=O)CCSCc1cccc(c1)CSC[C@H](C(N)=O)NC2=O. The molecular weight excluding hydrogens is 1360 g/mol. The number of aromatic nitrogens is 2. The number of primary amides is 1. The van der Waals surface area contributed by atoms with Gasteiger partial charge in [-0.3, -0.25) is 43.2 Å². The largest absolute Gasteiger partial charge is 0.508 e. The number of carbonyl (C=O) groups is 9. The lowest BCUT2D eigenvalue weighted by atomic mass is 9.95. The molecule has 1 fully saturated rings. The van der Waals surface area contributed by atoms with E-state index in [0.29, 0.717) is 104 Å². The molecule has 0 saturated carbocycles. The van der Waals surface area contributed by atoms with Crippen molar-refractivity contribution in [3.63, 3.8) is 0 Å². The summed E-state index contributed by atoms with van der Waals surface area (Å²) < 4.78 is 36.4. The smallest absolute Gasteiger partial charge is 0.246 e. The van der Waals surface area contributed by atoms with Crippen LogP contribution >= 0.6 is 23.5 Å². The highest BCUT2D eigenvalue weighted by atomic mass is 32.2. The predicted octanol–water partition coefficient (Wildman–Crippen LogP) is 6.96. The second kappa shape index (κ2) is 34.1. The number of fused-ring (bicyclic) bond motifs is 6. The van der Waals surface area contributed by atoms with Crippen molar-refractivity contribution in [2.24, 2.45) is 11.5 Å². The summed E-state index contributed by atoms with van der Waals surface area (Å²) in [5, 5.41) is 32.4. The Morgan fingerprint density at radius 2 is 1.20 bits per heavy atom. The number of nitrogens with two attached hydrogens (primary N) is 2. The number of unbranched alkanes of at least 4 members (excludes halogenated alkanes) is 1. The lowest BCUT2D eigenvalue weighted by molar-refractivity contribution is -0.147. The van der Waals surface area contributed by atoms with Crippen molar-refractivity contribution in [2.45, 2.75) is 131 Å². The van der Waals surface area contributed by atoms with Gasteiger partial charge in [-0.15, -0.1) is 0 Å². The maximum absolute atomic E-state index is 15.0. The normalized spacial score (nSPS) is 21.2. The third kappa shape index (κ3) is 18.7. The Morgan fingerprint density at radius 3 is 1.85 bits per heavy atom. The molecule has 9 amide bonds. The molecule has 103 heavy (non-hydrogen) atoms. The summed E-state index contributed by atoms with van der Waals surface area (Å²) in [4.78, 5) is 136. The zero-order valence-corrected chi connectivity index (χ0v) is 58.6. The first-order valence-corrected chi connectivity index (χ1v) is 36.8. The molecule has 2 aliphatic rings. The second-order valence-electron chi connectivity index (χ2n) is 26.4. The van der Waals surface area contributed by atoms with E-state index in [9.17, 15) is 57.0 Å². The Balaban J connectivity index is 0.871. The zero-order chi connectivity index (χ0) is 72.7. The summed E-state index contributed by atoms with van der Waals surface area (Å²) in [5.41, 5.74) is 17.3. The number of thioether (sulfide) groups is 2. The fourth-order valence-electron chi connectivity index (χ4n) is 13.4. The number of para-hydroxylation sites is 2. The molecular formula is C76H84F2N12O11S2. The Hall–Kier alpha value is -10.2. The van der Waals surface area contributed by atoms with Crippen LogP contribution in [0.15, 0.2) is 138 Å². The highest BCUT2D eigenvalue weighted by molar-refractivity contribution is 7.98. The molecule has 14 N–H and O–H groups in total. The first-order chi connectivity index (χ1) is 49.7. The van der Waals surface area contributed by atoms with Gasteiger partial charge in [0.15, 0.2) is 0 Å². The van der Waals surface area contributed by atoms with Gasteiger partial charge in [0.1, 0.15) is 64.3 Å². The molecule has 6 aromatic carbocycles. The van der Waals surface area contributed by atoms with E-state index in [4.69, 9.17) is 15.9 Å². The molecule has 0 radical (unpaired) electrons. The molecule has 4 bridgehead atoms. The summed E-state index contributed by atoms with van der Waals surface area (Å²) >= 11 is 2.88. The highest BCUT2D eigenvalue weighted by Gasteiger charge is 2.48. The molecule has 0 spiro atoms. The van der Waals surface area contributed by atoms with Gasteiger partial charge in [-0.05, 0) is 146 Å². The molecule has 23 nitrogen and oxygen atoms in total. The first-order valence-electron chi connectivity index (χ1n) is 34.5. The Bertz CT molecular complexity index is 4620. The molecule has 9 aromatic rings. The minimum atomic E-state index is -1.43. The third-order valence-corrected chi connectivity index (χ3v) is 21.1. The van der Waals surface area contributed by atoms with E-state index >= 15 is 0 Å². The number of aromatic amines is 2. The number of carbonyl (C=O) groups excluding carboxylic acids is 9. The Morgan fingerprint density at radius 1 is 0.612 bits per heavy atom. The number of amides is 9. The van der Waals surface area contributed by atoms with Crippen LogP contribution in [0.25, 0.3) is 43.7 Å². The van der Waals surface area contributed by atoms with Crippen molar-refractivity contribution >= 4 is 120 Å². The molecule has 0 aliphatic carbocycles. The van der Waals surface area contributed by atoms with Crippen LogP contribution in [0.3, 0.4) is 0 Å². The maximum atomic E-state index is 15.0. The standard InChI is InChI=1S/C76H84F2N12O11S2/c1-76-27-7-30-90(76)74(99)63(33-44-15-20-53(91)21-16-44)87-65(92)24-17-47-10-5-12-54-55-13-6-11-48(69(55)101-68(47)54)25-29-81-72(97)61(34-49-38-82-58-22-18-51(77)36-56(49)58)88-73(98)62(35-50-39-83-59-23-19-52(78)37-57(50)59)86-67(94)40-84-71(96)60(14-2-3-28-79)85-66(93)26-31-102-41-45-8-4-9-46(32-45)42-103-43-64(70(80)95)89-75(76)100/h4-6,8-13,15-16,18-23,32,36-39,60-64,82-83,91H,2-3,7,14,17,24-31,33-35,40-43,79H2,1H3,(H2,80,95)(H,81,97)(H,84,96)(H,85,93)(H,86,94)(H,87,92)(H,88,98)(H,89,100)/t60-,61-,62+,63-,64+,76-/m0/s1. The average Bonchev–Trinajstić information content (AvgIpc) is 1.65. The fraction of sp³-hybridized carbons (Fsp3) is 0.355. The van der Waals surface area contributed by atoms with Crippen molar-refractivity contribution in [3.8, 4) is 5.75 Å². The van der Waals surface area contributed by atoms with E-state index in [2.05, 4.69) is 47.2 Å². The molecule has 540 valence electrons. The lowest BCUT2D eigenvalue weighted by Crippen LogP contribution is -2.62. The first kappa shape index (κ1) is 74.0. The number of phenolic OH excluding ortho intramolecular Hbond substituents is 1. The van der Waals surface area contributed by atoms with E-state index in [-0.39, 0.29) is 82.4 Å². The molecule has 27 heteroatoms. The molecule has 1 saturated heterocycles. The quantitative estimate of drug-likeness (QED) is 0.0583. The van der Waals surface area contributed by atoms with Gasteiger partial charge in [-0.2, -0.15) is 23.5 Å². The van der Waals surface area contributed by atoms with Crippen LogP contribution in [0.2, 0.25) is 0 Å². The van der Waals surface area contributed by atoms with E-state index in [1.807, 2.05) is 60.7 Å². The van der Waals surface area contributed by atoms with Crippen LogP contribution in [-0.2, 0) is 86.8 Å². The number of phenols is 1. The van der Waals surface area contributed by atoms with E-state index in [0.717, 1.165) is 21.9 Å². The maximum Gasteiger partial charge on any atom is 0.246 e. The molecule has 3 aromatic heterocycles. The lowest BCUT2D eigenvalue weighted by Gasteiger charge is -2.37. The minimum Gasteiger partial charge on any atom is -0.508 e. The number of hydrogen-bond donors (Lipinski definition) is 12. The number of nitrogens with one attached hydrogen (secondary N) is 9. The van der Waals surface area contributed by atoms with Crippen molar-refractivity contribution in [2.75, 3.05) is 37.7 Å². The summed E-state index contributed by atoms with van der Waals surface area (Å²) in [6, 6.07) is 27.4. The molecule has 0 unspecified atom stereocenters. The average molecular weight is 1440 g/mol. The summed E-state index contributed by atoms with van der Waals surface area (Å²) in [7, 11) is 0. The number of halogens is 2. The van der Waals surface area contributed by atoms with Gasteiger partial charge < -0.3 is 73.1 Å². The van der Waals surface area contributed by atoms with E-state index < -0.39 is 107 Å². The van der Waals surface area contributed by atoms with Crippen molar-refractivity contribution in [1.82, 2.24) is 52.1 Å². The van der Waals surface area contributed by atoms with Gasteiger partial charge >= 0.3 is 0 Å². The second-order valence-corrected chi connectivity index (χ2v) is 28.5. The number of furan rings is 1. The van der Waals surface area contributed by atoms with E-state index in [1.165, 1.54) is 70.9 Å². The van der Waals surface area contributed by atoms with Gasteiger partial charge in [0.25, 0.3) is 0 Å². The predicted molar refractivity (Wildman–Crippen MR) is 392 cm³/mol. The molecule has 6 atom stereocenters. The number of H-pyrrole nitrogens is 2. The highest BCUT2D eigenvalue weighted by Crippen LogP contribution is 2.35. The molecule has 11 rings (SSSR count).